The molecule has 0 saturated carbocycles. The molecule has 0 radical (unpaired) electrons. The molecule has 0 aliphatic heterocycles. The zero-order chi connectivity index (χ0) is 16.4. The summed E-state index contributed by atoms with van der Waals surface area (Å²) in [5.41, 5.74) is 1.10. The maximum absolute atomic E-state index is 12.5. The van der Waals surface area contributed by atoms with Crippen LogP contribution in [0.25, 0.3) is 11.0 Å². The molecule has 0 aliphatic rings. The van der Waals surface area contributed by atoms with E-state index >= 15 is 0 Å². The van der Waals surface area contributed by atoms with Crippen molar-refractivity contribution in [1.82, 2.24) is 10.3 Å². The molecule has 0 bridgehead atoms. The molecule has 1 aromatic heterocycles. The fourth-order valence-electron chi connectivity index (χ4n) is 2.00. The zero-order valence-electron chi connectivity index (χ0n) is 11.9. The molecule has 0 fully saturated rings. The first kappa shape index (κ1) is 15.0. The van der Waals surface area contributed by atoms with E-state index in [0.29, 0.717) is 16.8 Å². The van der Waals surface area contributed by atoms with Gasteiger partial charge in [-0.3, -0.25) is 4.72 Å². The summed E-state index contributed by atoms with van der Waals surface area (Å²) < 4.78 is 36.5. The minimum absolute atomic E-state index is 0.0479. The van der Waals surface area contributed by atoms with E-state index in [4.69, 9.17) is 0 Å². The first-order valence-corrected chi connectivity index (χ1v) is 7.92. The molecule has 1 N–H and O–H groups in total. The van der Waals surface area contributed by atoms with Crippen LogP contribution in [0.5, 0.6) is 0 Å². The van der Waals surface area contributed by atoms with Crippen LogP contribution in [0.1, 0.15) is 10.4 Å². The van der Waals surface area contributed by atoms with Gasteiger partial charge in [-0.25, -0.2) is 17.8 Å². The Labute approximate surface area is 131 Å². The fraction of sp³-hybridized carbons (Fsp3) is 0.0714. The Bertz CT molecular complexity index is 964. The lowest BCUT2D eigenvalue weighted by Crippen LogP contribution is -2.13. The van der Waals surface area contributed by atoms with Gasteiger partial charge in [0.15, 0.2) is 5.52 Å². The van der Waals surface area contributed by atoms with Crippen LogP contribution in [0.15, 0.2) is 52.0 Å². The molecule has 23 heavy (non-hydrogen) atoms. The van der Waals surface area contributed by atoms with Gasteiger partial charge in [0.05, 0.1) is 12.7 Å². The largest absolute Gasteiger partial charge is 0.465 e. The third-order valence-electron chi connectivity index (χ3n) is 3.10. The van der Waals surface area contributed by atoms with E-state index in [2.05, 4.69) is 24.4 Å². The second kappa shape index (κ2) is 5.69. The SMILES string of the molecule is COC(=O)c1ccc(NS(=O)(=O)c2cccc3nonc23)cc1. The van der Waals surface area contributed by atoms with Gasteiger partial charge in [0.25, 0.3) is 10.0 Å². The van der Waals surface area contributed by atoms with Crippen molar-refractivity contribution in [2.75, 3.05) is 11.8 Å². The average molecular weight is 333 g/mol. The van der Waals surface area contributed by atoms with E-state index in [-0.39, 0.29) is 10.4 Å². The quantitative estimate of drug-likeness (QED) is 0.725. The summed E-state index contributed by atoms with van der Waals surface area (Å²) in [7, 11) is -2.61. The third-order valence-corrected chi connectivity index (χ3v) is 4.51. The molecule has 118 valence electrons. The standard InChI is InChI=1S/C14H11N3O5S/c1-21-14(18)9-5-7-10(8-6-9)17-23(19,20)12-4-2-3-11-13(12)16-22-15-11/h2-8,17H,1H3. The molecule has 0 aliphatic carbocycles. The van der Waals surface area contributed by atoms with Crippen LogP contribution in [0.3, 0.4) is 0 Å². The minimum atomic E-state index is -3.88. The van der Waals surface area contributed by atoms with Crippen molar-refractivity contribution < 1.29 is 22.6 Å². The Hall–Kier alpha value is -2.94. The Morgan fingerprint density at radius 2 is 1.87 bits per heavy atom. The van der Waals surface area contributed by atoms with Crippen molar-refractivity contribution in [1.29, 1.82) is 0 Å². The molecule has 0 unspecified atom stereocenters. The highest BCUT2D eigenvalue weighted by atomic mass is 32.2. The highest BCUT2D eigenvalue weighted by Gasteiger charge is 2.20. The van der Waals surface area contributed by atoms with Crippen LogP contribution < -0.4 is 4.72 Å². The van der Waals surface area contributed by atoms with Crippen molar-refractivity contribution in [2.24, 2.45) is 0 Å². The maximum atomic E-state index is 12.5. The van der Waals surface area contributed by atoms with Crippen LogP contribution >= 0.6 is 0 Å². The summed E-state index contributed by atoms with van der Waals surface area (Å²) in [6.07, 6.45) is 0. The fourth-order valence-corrected chi connectivity index (χ4v) is 3.21. The molecule has 3 rings (SSSR count). The molecular weight excluding hydrogens is 322 g/mol. The van der Waals surface area contributed by atoms with Gasteiger partial charge in [0, 0.05) is 5.69 Å². The van der Waals surface area contributed by atoms with Crippen molar-refractivity contribution in [3.63, 3.8) is 0 Å². The topological polar surface area (TPSA) is 111 Å². The monoisotopic (exact) mass is 333 g/mol. The van der Waals surface area contributed by atoms with Crippen LogP contribution in [0, 0.1) is 0 Å². The summed E-state index contributed by atoms with van der Waals surface area (Å²) in [6.45, 7) is 0. The number of rotatable bonds is 4. The summed E-state index contributed by atoms with van der Waals surface area (Å²) in [5.74, 6) is -0.502. The van der Waals surface area contributed by atoms with E-state index in [0.717, 1.165) is 0 Å². The number of hydrogen-bond acceptors (Lipinski definition) is 7. The number of nitrogens with zero attached hydrogens (tertiary/aromatic N) is 2. The van der Waals surface area contributed by atoms with E-state index in [1.54, 1.807) is 12.1 Å². The molecular formula is C14H11N3O5S. The summed E-state index contributed by atoms with van der Waals surface area (Å²) in [5, 5.41) is 7.22. The van der Waals surface area contributed by atoms with Crippen LogP contribution in [-0.2, 0) is 14.8 Å². The maximum Gasteiger partial charge on any atom is 0.337 e. The molecule has 0 atom stereocenters. The van der Waals surface area contributed by atoms with Crippen LogP contribution in [0.2, 0.25) is 0 Å². The number of nitrogens with one attached hydrogen (secondary N) is 1. The number of fused-ring (bicyclic) bond motifs is 1. The normalized spacial score (nSPS) is 11.3. The second-order valence-electron chi connectivity index (χ2n) is 4.56. The van der Waals surface area contributed by atoms with Gasteiger partial charge in [-0.1, -0.05) is 6.07 Å². The van der Waals surface area contributed by atoms with Crippen molar-refractivity contribution in [3.8, 4) is 0 Å². The van der Waals surface area contributed by atoms with Gasteiger partial charge >= 0.3 is 5.97 Å². The Kier molecular flexibility index (Phi) is 3.70. The summed E-state index contributed by atoms with van der Waals surface area (Å²) in [6, 6.07) is 10.4. The number of aromatic nitrogens is 2. The molecule has 0 saturated heterocycles. The zero-order valence-corrected chi connectivity index (χ0v) is 12.7. The van der Waals surface area contributed by atoms with E-state index in [1.807, 2.05) is 0 Å². The smallest absolute Gasteiger partial charge is 0.337 e. The number of carbonyl (C=O) groups is 1. The second-order valence-corrected chi connectivity index (χ2v) is 6.21. The Morgan fingerprint density at radius 1 is 1.13 bits per heavy atom. The van der Waals surface area contributed by atoms with Gasteiger partial charge in [0.2, 0.25) is 0 Å². The van der Waals surface area contributed by atoms with Gasteiger partial charge in [-0.15, -0.1) is 0 Å². The van der Waals surface area contributed by atoms with Crippen molar-refractivity contribution >= 4 is 32.7 Å². The number of methoxy groups -OCH3 is 1. The third kappa shape index (κ3) is 2.86. The minimum Gasteiger partial charge on any atom is -0.465 e. The molecule has 0 spiro atoms. The number of carbonyl (C=O) groups excluding carboxylic acids is 1. The van der Waals surface area contributed by atoms with Gasteiger partial charge in [-0.2, -0.15) is 0 Å². The first-order chi connectivity index (χ1) is 11.0. The average Bonchev–Trinajstić information content (AvgIpc) is 3.02. The number of sulfonamides is 1. The lowest BCUT2D eigenvalue weighted by molar-refractivity contribution is 0.0601. The van der Waals surface area contributed by atoms with Crippen LogP contribution in [-0.4, -0.2) is 31.8 Å². The number of anilines is 1. The number of ether oxygens (including phenoxy) is 1. The molecule has 2 aromatic carbocycles. The van der Waals surface area contributed by atoms with Gasteiger partial charge < -0.3 is 4.74 Å². The highest BCUT2D eigenvalue weighted by molar-refractivity contribution is 7.93. The number of hydrogen-bond donors (Lipinski definition) is 1. The predicted octanol–water partition coefficient (Wildman–Crippen LogP) is 1.81. The lowest BCUT2D eigenvalue weighted by atomic mass is 10.2. The van der Waals surface area contributed by atoms with Crippen molar-refractivity contribution in [2.45, 2.75) is 4.90 Å². The van der Waals surface area contributed by atoms with Crippen LogP contribution in [0.4, 0.5) is 5.69 Å². The molecule has 8 nitrogen and oxygen atoms in total. The summed E-state index contributed by atoms with van der Waals surface area (Å²) in [4.78, 5) is 11.3. The first-order valence-electron chi connectivity index (χ1n) is 6.44. The van der Waals surface area contributed by atoms with E-state index in [9.17, 15) is 13.2 Å². The Morgan fingerprint density at radius 3 is 2.57 bits per heavy atom. The van der Waals surface area contributed by atoms with E-state index < -0.39 is 16.0 Å². The van der Waals surface area contributed by atoms with Crippen molar-refractivity contribution in [3.05, 3.63) is 48.0 Å². The number of benzene rings is 2. The number of esters is 1. The molecule has 0 amide bonds. The molecule has 9 heteroatoms. The highest BCUT2D eigenvalue weighted by Crippen LogP contribution is 2.22. The lowest BCUT2D eigenvalue weighted by Gasteiger charge is -2.08. The predicted molar refractivity (Wildman–Crippen MR) is 80.4 cm³/mol. The molecule has 3 aromatic rings. The summed E-state index contributed by atoms with van der Waals surface area (Å²) >= 11 is 0. The van der Waals surface area contributed by atoms with E-state index in [1.165, 1.54) is 37.4 Å². The van der Waals surface area contributed by atoms with Gasteiger partial charge in [0.1, 0.15) is 10.4 Å². The Balaban J connectivity index is 1.92. The van der Waals surface area contributed by atoms with Gasteiger partial charge in [-0.05, 0) is 46.7 Å². The molecule has 1 heterocycles.